The molecule has 1 saturated heterocycles. The summed E-state index contributed by atoms with van der Waals surface area (Å²) in [5, 5.41) is 3.79. The molecule has 0 saturated carbocycles. The molecule has 24 heavy (non-hydrogen) atoms. The van der Waals surface area contributed by atoms with Crippen LogP contribution in [-0.4, -0.2) is 56.8 Å². The van der Waals surface area contributed by atoms with Gasteiger partial charge in [-0.15, -0.1) is 0 Å². The van der Waals surface area contributed by atoms with Crippen molar-refractivity contribution in [3.05, 3.63) is 10.4 Å². The largest absolute Gasteiger partial charge is 0.463 e. The molecule has 1 heterocycles. The van der Waals surface area contributed by atoms with Crippen LogP contribution < -0.4 is 0 Å². The van der Waals surface area contributed by atoms with Gasteiger partial charge in [0.1, 0.15) is 18.8 Å². The van der Waals surface area contributed by atoms with E-state index < -0.39 is 24.4 Å². The molecule has 8 nitrogen and oxygen atoms in total. The van der Waals surface area contributed by atoms with Gasteiger partial charge in [0.25, 0.3) is 0 Å². The highest BCUT2D eigenvalue weighted by atomic mass is 16.6. The van der Waals surface area contributed by atoms with Crippen molar-refractivity contribution in [3.63, 3.8) is 0 Å². The number of rotatable bonds is 11. The Morgan fingerprint density at radius 3 is 2.38 bits per heavy atom. The Hall–Kier alpha value is -1.34. The van der Waals surface area contributed by atoms with Gasteiger partial charge in [0, 0.05) is 25.0 Å². The maximum Gasteiger partial charge on any atom is 0.302 e. The van der Waals surface area contributed by atoms with Gasteiger partial charge in [-0.05, 0) is 18.4 Å². The smallest absolute Gasteiger partial charge is 0.302 e. The van der Waals surface area contributed by atoms with E-state index in [4.69, 9.17) is 24.5 Å². The van der Waals surface area contributed by atoms with Crippen LogP contribution in [0.1, 0.15) is 46.5 Å². The maximum absolute atomic E-state index is 11.1. The molecule has 0 spiro atoms. The van der Waals surface area contributed by atoms with E-state index in [0.29, 0.717) is 13.2 Å². The molecule has 0 amide bonds. The van der Waals surface area contributed by atoms with Gasteiger partial charge in [-0.2, -0.15) is 0 Å². The van der Waals surface area contributed by atoms with Crippen LogP contribution >= 0.6 is 0 Å². The first-order valence-corrected chi connectivity index (χ1v) is 8.66. The Balaban J connectivity index is 2.83. The van der Waals surface area contributed by atoms with Gasteiger partial charge in [0.05, 0.1) is 18.8 Å². The first-order valence-electron chi connectivity index (χ1n) is 8.66. The molecule has 1 aliphatic rings. The Morgan fingerprint density at radius 1 is 1.21 bits per heavy atom. The predicted molar refractivity (Wildman–Crippen MR) is 88.6 cm³/mol. The van der Waals surface area contributed by atoms with Crippen LogP contribution in [0.5, 0.6) is 0 Å². The molecule has 1 aliphatic heterocycles. The second-order valence-corrected chi connectivity index (χ2v) is 5.82. The fraction of sp³-hybridized carbons (Fsp3) is 0.938. The van der Waals surface area contributed by atoms with E-state index in [9.17, 15) is 4.79 Å². The third-order valence-electron chi connectivity index (χ3n) is 3.82. The molecular formula is C16H29N3O5. The molecule has 0 radical (unpaired) electrons. The number of esters is 1. The van der Waals surface area contributed by atoms with Crippen LogP contribution in [-0.2, 0) is 23.7 Å². The van der Waals surface area contributed by atoms with Crippen molar-refractivity contribution in [2.24, 2.45) is 5.11 Å². The zero-order valence-corrected chi connectivity index (χ0v) is 14.8. The number of carbonyl (C=O) groups excluding carboxylic acids is 1. The molecule has 8 heteroatoms. The van der Waals surface area contributed by atoms with Gasteiger partial charge in [-0.25, -0.2) is 0 Å². The Labute approximate surface area is 143 Å². The van der Waals surface area contributed by atoms with E-state index in [1.54, 1.807) is 0 Å². The zero-order chi connectivity index (χ0) is 17.8. The number of azide groups is 1. The van der Waals surface area contributed by atoms with Crippen LogP contribution in [0.2, 0.25) is 0 Å². The quantitative estimate of drug-likeness (QED) is 0.189. The average Bonchev–Trinajstić information content (AvgIpc) is 2.56. The molecular weight excluding hydrogens is 314 g/mol. The average molecular weight is 343 g/mol. The van der Waals surface area contributed by atoms with E-state index in [-0.39, 0.29) is 19.2 Å². The minimum atomic E-state index is -0.452. The lowest BCUT2D eigenvalue weighted by atomic mass is 9.98. The van der Waals surface area contributed by atoms with E-state index in [0.717, 1.165) is 25.7 Å². The Morgan fingerprint density at radius 2 is 1.83 bits per heavy atom. The van der Waals surface area contributed by atoms with E-state index in [2.05, 4.69) is 23.9 Å². The Bertz CT molecular complexity index is 415. The third-order valence-corrected chi connectivity index (χ3v) is 3.82. The van der Waals surface area contributed by atoms with Crippen LogP contribution in [0.25, 0.3) is 10.4 Å². The summed E-state index contributed by atoms with van der Waals surface area (Å²) in [7, 11) is 0. The second-order valence-electron chi connectivity index (χ2n) is 5.82. The van der Waals surface area contributed by atoms with Crippen molar-refractivity contribution in [3.8, 4) is 0 Å². The maximum atomic E-state index is 11.1. The van der Waals surface area contributed by atoms with E-state index in [1.807, 2.05) is 0 Å². The molecule has 138 valence electrons. The summed E-state index contributed by atoms with van der Waals surface area (Å²) in [6.45, 7) is 6.95. The molecule has 0 aromatic rings. The van der Waals surface area contributed by atoms with Crippen molar-refractivity contribution in [2.45, 2.75) is 70.8 Å². The zero-order valence-electron chi connectivity index (χ0n) is 14.8. The highest BCUT2D eigenvalue weighted by Gasteiger charge is 2.42. The van der Waals surface area contributed by atoms with Gasteiger partial charge < -0.3 is 18.9 Å². The van der Waals surface area contributed by atoms with Gasteiger partial charge in [-0.3, -0.25) is 4.79 Å². The standard InChI is InChI=1S/C16H29N3O5/c1-4-6-8-21-15-13(18-19-17)10-24-14(11-23-12(3)20)16(15)22-9-7-5-2/h13-16H,4-11H2,1-3H3/t13?,14?,15-,16-/m1/s1. The summed E-state index contributed by atoms with van der Waals surface area (Å²) in [6, 6.07) is -0.452. The number of hydrogen-bond donors (Lipinski definition) is 0. The predicted octanol–water partition coefficient (Wildman–Crippen LogP) is 3.00. The fourth-order valence-corrected chi connectivity index (χ4v) is 2.49. The summed E-state index contributed by atoms with van der Waals surface area (Å²) in [4.78, 5) is 14.0. The first-order chi connectivity index (χ1) is 11.6. The van der Waals surface area contributed by atoms with Crippen molar-refractivity contribution >= 4 is 5.97 Å². The van der Waals surface area contributed by atoms with Gasteiger partial charge >= 0.3 is 5.97 Å². The number of ether oxygens (including phenoxy) is 4. The number of nitrogens with zero attached hydrogens (tertiary/aromatic N) is 3. The molecule has 0 bridgehead atoms. The topological polar surface area (TPSA) is 103 Å². The number of carbonyl (C=O) groups is 1. The normalized spacial score (nSPS) is 26.6. The fourth-order valence-electron chi connectivity index (χ4n) is 2.49. The molecule has 0 aliphatic carbocycles. The van der Waals surface area contributed by atoms with Crippen LogP contribution in [0.3, 0.4) is 0 Å². The number of hydrogen-bond acceptors (Lipinski definition) is 6. The van der Waals surface area contributed by atoms with E-state index >= 15 is 0 Å². The highest BCUT2D eigenvalue weighted by Crippen LogP contribution is 2.25. The molecule has 0 N–H and O–H groups in total. The van der Waals surface area contributed by atoms with E-state index in [1.165, 1.54) is 6.92 Å². The molecule has 1 rings (SSSR count). The van der Waals surface area contributed by atoms with Gasteiger partial charge in [0.2, 0.25) is 0 Å². The SMILES string of the molecule is CCCCO[C@@H]1C(N=[N+]=[N-])COC(COC(C)=O)[C@H]1OCCCC. The van der Waals surface area contributed by atoms with Crippen LogP contribution in [0, 0.1) is 0 Å². The lowest BCUT2D eigenvalue weighted by Crippen LogP contribution is -2.56. The van der Waals surface area contributed by atoms with Crippen molar-refractivity contribution in [1.82, 2.24) is 0 Å². The summed E-state index contributed by atoms with van der Waals surface area (Å²) >= 11 is 0. The number of unbranched alkanes of at least 4 members (excludes halogenated alkanes) is 2. The van der Waals surface area contributed by atoms with Gasteiger partial charge in [0.15, 0.2) is 0 Å². The molecule has 4 atom stereocenters. The molecule has 2 unspecified atom stereocenters. The van der Waals surface area contributed by atoms with Crippen LogP contribution in [0.4, 0.5) is 0 Å². The lowest BCUT2D eigenvalue weighted by molar-refractivity contribution is -0.198. The van der Waals surface area contributed by atoms with Crippen molar-refractivity contribution in [1.29, 1.82) is 0 Å². The molecule has 1 fully saturated rings. The van der Waals surface area contributed by atoms with Crippen LogP contribution in [0.15, 0.2) is 5.11 Å². The van der Waals surface area contributed by atoms with Crippen molar-refractivity contribution < 1.29 is 23.7 Å². The molecule has 0 aromatic heterocycles. The summed E-state index contributed by atoms with van der Waals surface area (Å²) in [5.41, 5.74) is 8.79. The summed E-state index contributed by atoms with van der Waals surface area (Å²) in [5.74, 6) is -0.369. The first kappa shape index (κ1) is 20.7. The minimum absolute atomic E-state index is 0.1000. The highest BCUT2D eigenvalue weighted by molar-refractivity contribution is 5.65. The lowest BCUT2D eigenvalue weighted by Gasteiger charge is -2.40. The summed E-state index contributed by atoms with van der Waals surface area (Å²) < 4.78 is 22.7. The second kappa shape index (κ2) is 12.1. The van der Waals surface area contributed by atoms with Gasteiger partial charge in [-0.1, -0.05) is 31.8 Å². The Kier molecular flexibility index (Phi) is 10.4. The van der Waals surface area contributed by atoms with Crippen molar-refractivity contribution in [2.75, 3.05) is 26.4 Å². The molecule has 0 aromatic carbocycles. The minimum Gasteiger partial charge on any atom is -0.463 e. The third kappa shape index (κ3) is 7.05. The summed E-state index contributed by atoms with van der Waals surface area (Å²) in [6.07, 6.45) is 2.57. The monoisotopic (exact) mass is 343 g/mol.